The van der Waals surface area contributed by atoms with Crippen molar-refractivity contribution >= 4 is 5.91 Å². The molecule has 0 bridgehead atoms. The highest BCUT2D eigenvalue weighted by Crippen LogP contribution is 2.30. The first-order valence-electron chi connectivity index (χ1n) is 12.1. The van der Waals surface area contributed by atoms with Crippen LogP contribution in [0.2, 0.25) is 0 Å². The van der Waals surface area contributed by atoms with Crippen molar-refractivity contribution in [1.82, 2.24) is 14.5 Å². The number of aromatic nitrogens is 2. The Kier molecular flexibility index (Phi) is 9.48. The van der Waals surface area contributed by atoms with E-state index in [1.54, 1.807) is 19.1 Å². The predicted octanol–water partition coefficient (Wildman–Crippen LogP) is 1.84. The summed E-state index contributed by atoms with van der Waals surface area (Å²) in [5.41, 5.74) is -2.46. The Morgan fingerprint density at radius 1 is 1.24 bits per heavy atom. The maximum absolute atomic E-state index is 13.5. The van der Waals surface area contributed by atoms with Crippen LogP contribution < -0.4 is 16.6 Å². The van der Waals surface area contributed by atoms with Crippen LogP contribution in [0.15, 0.2) is 34.0 Å². The quantitative estimate of drug-likeness (QED) is 0.391. The first-order valence-corrected chi connectivity index (χ1v) is 12.1. The minimum atomic E-state index is -5.01. The Balaban J connectivity index is 1.58. The van der Waals surface area contributed by atoms with Gasteiger partial charge in [-0.1, -0.05) is 18.9 Å². The molecule has 1 aromatic heterocycles. The van der Waals surface area contributed by atoms with Crippen LogP contribution in [0.5, 0.6) is 0 Å². The molecule has 0 saturated carbocycles. The molecule has 1 aliphatic heterocycles. The van der Waals surface area contributed by atoms with Gasteiger partial charge in [0.1, 0.15) is 17.9 Å². The van der Waals surface area contributed by atoms with E-state index in [2.05, 4.69) is 5.32 Å². The summed E-state index contributed by atoms with van der Waals surface area (Å²) in [6.45, 7) is 1.26. The Labute approximate surface area is 215 Å². The minimum Gasteiger partial charge on any atom is -0.394 e. The number of alkyl halides is 3. The van der Waals surface area contributed by atoms with Gasteiger partial charge in [-0.25, -0.2) is 4.79 Å². The number of rotatable bonds is 10. The van der Waals surface area contributed by atoms with Gasteiger partial charge >= 0.3 is 11.9 Å². The lowest BCUT2D eigenvalue weighted by molar-refractivity contribution is -0.140. The van der Waals surface area contributed by atoms with Crippen molar-refractivity contribution in [3.8, 4) is 6.07 Å². The number of aryl methyl sites for hydroxylation is 1. The van der Waals surface area contributed by atoms with Gasteiger partial charge in [-0.3, -0.25) is 18.7 Å². The number of unbranched alkanes of at least 4 members (excludes halogenated alkanes) is 3. The normalized spacial score (nSPS) is 19.3. The van der Waals surface area contributed by atoms with Gasteiger partial charge in [0.05, 0.1) is 24.3 Å². The minimum absolute atomic E-state index is 0.216. The highest BCUT2D eigenvalue weighted by atomic mass is 19.4. The molecule has 0 radical (unpaired) electrons. The van der Waals surface area contributed by atoms with Crippen LogP contribution in [0.3, 0.4) is 0 Å². The number of halogens is 3. The second kappa shape index (κ2) is 12.4. The van der Waals surface area contributed by atoms with E-state index in [1.165, 1.54) is 6.07 Å². The molecule has 0 spiro atoms. The Morgan fingerprint density at radius 2 is 1.95 bits per heavy atom. The highest BCUT2D eigenvalue weighted by Gasteiger charge is 2.39. The Bertz CT molecular complexity index is 1310. The van der Waals surface area contributed by atoms with Crippen molar-refractivity contribution in [2.75, 3.05) is 13.2 Å². The third-order valence-corrected chi connectivity index (χ3v) is 6.41. The van der Waals surface area contributed by atoms with E-state index in [0.717, 1.165) is 5.56 Å². The topological polar surface area (TPSA) is 147 Å². The molecule has 1 aliphatic rings. The van der Waals surface area contributed by atoms with Crippen molar-refractivity contribution in [1.29, 1.82) is 5.26 Å². The number of nitriles is 1. The summed E-state index contributed by atoms with van der Waals surface area (Å²) in [7, 11) is 0. The van der Waals surface area contributed by atoms with Crippen molar-refractivity contribution in [2.45, 2.75) is 70.2 Å². The SMILES string of the molecule is Cc1ccc(C(=O)NCCCCCCn2c(=O)c(C(F)(F)F)cn([C@H]3C[C@H](O)[C@@H](CO)O3)c2=O)cc1C#N. The van der Waals surface area contributed by atoms with E-state index in [-0.39, 0.29) is 25.3 Å². The zero-order chi connectivity index (χ0) is 28.0. The average Bonchev–Trinajstić information content (AvgIpc) is 3.24. The maximum Gasteiger partial charge on any atom is 0.423 e. The van der Waals surface area contributed by atoms with Gasteiger partial charge in [-0.05, 0) is 37.5 Å². The summed E-state index contributed by atoms with van der Waals surface area (Å²) in [6.07, 6.45) is -6.46. The molecule has 13 heteroatoms. The molecule has 2 aromatic rings. The number of hydrogen-bond acceptors (Lipinski definition) is 7. The largest absolute Gasteiger partial charge is 0.423 e. The van der Waals surface area contributed by atoms with Gasteiger partial charge in [-0.2, -0.15) is 18.4 Å². The fraction of sp³-hybridized carbons (Fsp3) is 0.520. The third kappa shape index (κ3) is 6.69. The van der Waals surface area contributed by atoms with Gasteiger partial charge in [0.15, 0.2) is 0 Å². The number of amides is 1. The fourth-order valence-corrected chi connectivity index (χ4v) is 4.21. The molecule has 10 nitrogen and oxygen atoms in total. The number of nitrogens with zero attached hydrogens (tertiary/aromatic N) is 3. The monoisotopic (exact) mass is 538 g/mol. The maximum atomic E-state index is 13.5. The summed E-state index contributed by atoms with van der Waals surface area (Å²) in [6, 6.07) is 6.83. The molecule has 1 amide bonds. The summed E-state index contributed by atoms with van der Waals surface area (Å²) in [4.78, 5) is 37.6. The van der Waals surface area contributed by atoms with Crippen LogP contribution in [0.25, 0.3) is 0 Å². The molecule has 0 unspecified atom stereocenters. The lowest BCUT2D eigenvalue weighted by Crippen LogP contribution is -2.44. The first kappa shape index (κ1) is 29.1. The third-order valence-electron chi connectivity index (χ3n) is 6.41. The van der Waals surface area contributed by atoms with E-state index in [9.17, 15) is 37.8 Å². The van der Waals surface area contributed by atoms with Crippen molar-refractivity contribution in [3.63, 3.8) is 0 Å². The summed E-state index contributed by atoms with van der Waals surface area (Å²) < 4.78 is 47.0. The van der Waals surface area contributed by atoms with E-state index < -0.39 is 48.0 Å². The van der Waals surface area contributed by atoms with Crippen molar-refractivity contribution in [3.05, 3.63) is 67.5 Å². The number of ether oxygens (including phenoxy) is 1. The van der Waals surface area contributed by atoms with Crippen LogP contribution in [-0.4, -0.2) is 50.6 Å². The summed E-state index contributed by atoms with van der Waals surface area (Å²) in [5, 5.41) is 31.0. The van der Waals surface area contributed by atoms with Gasteiger partial charge < -0.3 is 20.3 Å². The van der Waals surface area contributed by atoms with Gasteiger partial charge in [0, 0.05) is 31.3 Å². The van der Waals surface area contributed by atoms with Crippen LogP contribution in [0.1, 0.15) is 65.4 Å². The second-order valence-electron chi connectivity index (χ2n) is 9.11. The molecule has 1 aromatic carbocycles. The first-order chi connectivity index (χ1) is 18.0. The van der Waals surface area contributed by atoms with E-state index >= 15 is 0 Å². The molecule has 38 heavy (non-hydrogen) atoms. The lowest BCUT2D eigenvalue weighted by atomic mass is 10.1. The molecule has 1 saturated heterocycles. The van der Waals surface area contributed by atoms with Crippen molar-refractivity contribution < 1.29 is 32.9 Å². The number of carbonyl (C=O) groups excluding carboxylic acids is 1. The zero-order valence-electron chi connectivity index (χ0n) is 20.7. The summed E-state index contributed by atoms with van der Waals surface area (Å²) >= 11 is 0. The fourth-order valence-electron chi connectivity index (χ4n) is 4.21. The Morgan fingerprint density at radius 3 is 2.58 bits per heavy atom. The van der Waals surface area contributed by atoms with Crippen LogP contribution in [0.4, 0.5) is 13.2 Å². The molecule has 1 fully saturated rings. The standard InChI is InChI=1S/C25H29F3N4O6/c1-15-6-7-16(10-17(15)12-29)22(35)30-8-4-2-3-5-9-31-23(36)18(25(26,27)28)13-32(24(31)37)21-11-19(34)20(14-33)38-21/h6-7,10,13,19-21,33-34H,2-5,8-9,11,14H2,1H3,(H,30,35)/t19-,20+,21+/m0/s1. The molecule has 0 aliphatic carbocycles. The number of carbonyl (C=O) groups is 1. The number of hydrogen-bond donors (Lipinski definition) is 3. The molecule has 2 heterocycles. The van der Waals surface area contributed by atoms with Gasteiger partial charge in [-0.15, -0.1) is 0 Å². The molecule has 3 atom stereocenters. The highest BCUT2D eigenvalue weighted by molar-refractivity contribution is 5.94. The number of nitrogens with one attached hydrogen (secondary N) is 1. The lowest BCUT2D eigenvalue weighted by Gasteiger charge is -2.19. The van der Waals surface area contributed by atoms with E-state index in [4.69, 9.17) is 10.00 Å². The predicted molar refractivity (Wildman–Crippen MR) is 128 cm³/mol. The van der Waals surface area contributed by atoms with Crippen LogP contribution in [-0.2, 0) is 17.5 Å². The number of aliphatic hydroxyl groups is 2. The van der Waals surface area contributed by atoms with Crippen LogP contribution >= 0.6 is 0 Å². The summed E-state index contributed by atoms with van der Waals surface area (Å²) in [5.74, 6) is -0.333. The number of benzene rings is 1. The van der Waals surface area contributed by atoms with E-state index in [1.807, 2.05) is 6.07 Å². The van der Waals surface area contributed by atoms with Crippen LogP contribution in [0, 0.1) is 18.3 Å². The van der Waals surface area contributed by atoms with Crippen molar-refractivity contribution in [2.24, 2.45) is 0 Å². The Hall–Kier alpha value is -3.47. The molecular weight excluding hydrogens is 509 g/mol. The second-order valence-corrected chi connectivity index (χ2v) is 9.11. The molecule has 3 rings (SSSR count). The van der Waals surface area contributed by atoms with Gasteiger partial charge in [0.25, 0.3) is 11.5 Å². The van der Waals surface area contributed by atoms with E-state index in [0.29, 0.717) is 52.3 Å². The molecular formula is C25H29F3N4O6. The smallest absolute Gasteiger partial charge is 0.394 e. The molecule has 206 valence electrons. The average molecular weight is 539 g/mol. The zero-order valence-corrected chi connectivity index (χ0v) is 20.7. The van der Waals surface area contributed by atoms with Gasteiger partial charge in [0.2, 0.25) is 0 Å². The number of aliphatic hydroxyl groups excluding tert-OH is 2. The molecule has 3 N–H and O–H groups in total.